The summed E-state index contributed by atoms with van der Waals surface area (Å²) in [6.45, 7) is 0. The Labute approximate surface area is 129 Å². The Morgan fingerprint density at radius 3 is 1.40 bits per heavy atom. The third kappa shape index (κ3) is 3.97. The summed E-state index contributed by atoms with van der Waals surface area (Å²) >= 11 is 0. The van der Waals surface area contributed by atoms with E-state index in [4.69, 9.17) is 0 Å². The van der Waals surface area contributed by atoms with Gasteiger partial charge in [0.15, 0.2) is 0 Å². The minimum absolute atomic E-state index is 0. The van der Waals surface area contributed by atoms with E-state index in [2.05, 4.69) is 4.74 Å². The van der Waals surface area contributed by atoms with Crippen molar-refractivity contribution in [3.05, 3.63) is 35.4 Å². The molecule has 0 aliphatic carbocycles. The molecule has 0 spiro atoms. The molecule has 3 nitrogen and oxygen atoms in total. The summed E-state index contributed by atoms with van der Waals surface area (Å²) in [5, 5.41) is 0. The molecule has 7 heteroatoms. The maximum atomic E-state index is 10.8. The normalized spacial score (nSPS) is 10.7. The molecule has 0 atom stereocenters. The monoisotopic (exact) mass is 468 g/mol. The van der Waals surface area contributed by atoms with Crippen LogP contribution in [0.25, 0.3) is 0 Å². The molecule has 1 aliphatic heterocycles. The Bertz CT molecular complexity index is 320. The largest absolute Gasteiger partial charge is 0.386 e. The molecule has 86 valence electrons. The molecule has 0 N–H and O–H groups in total. The van der Waals surface area contributed by atoms with Gasteiger partial charge in [-0.2, -0.15) is 0 Å². The summed E-state index contributed by atoms with van der Waals surface area (Å²) in [4.78, 5) is 21.7. The van der Waals surface area contributed by atoms with Gasteiger partial charge in [0.05, 0.1) is 11.1 Å². The van der Waals surface area contributed by atoms with E-state index in [1.165, 1.54) is 0 Å². The van der Waals surface area contributed by atoms with Crippen molar-refractivity contribution in [2.24, 2.45) is 0 Å². The molecule has 0 radical (unpaired) electrons. The van der Waals surface area contributed by atoms with E-state index in [-0.39, 0.29) is 67.9 Å². The number of hydrogen-bond acceptors (Lipinski definition) is 3. The molecule has 0 unspecified atom stereocenters. The van der Waals surface area contributed by atoms with Crippen molar-refractivity contribution in [1.29, 1.82) is 0 Å². The molecule has 0 aromatic heterocycles. The Hall–Kier alpha value is 0.280. The molecule has 1 aromatic rings. The highest BCUT2D eigenvalue weighted by atomic mass is 79.9. The Kier molecular flexibility index (Phi) is 11.6. The fourth-order valence-corrected chi connectivity index (χ4v) is 1.03. The molecule has 0 saturated heterocycles. The van der Waals surface area contributed by atoms with Crippen LogP contribution in [0.5, 0.6) is 0 Å². The molecular weight excluding hydrogens is 464 g/mol. The van der Waals surface area contributed by atoms with Crippen LogP contribution < -0.4 is 0 Å². The maximum absolute atomic E-state index is 10.8. The Balaban J connectivity index is -0.000000360. The van der Waals surface area contributed by atoms with Gasteiger partial charge in [0, 0.05) is 0 Å². The number of carbonyl (C=O) groups is 2. The van der Waals surface area contributed by atoms with Gasteiger partial charge in [-0.05, 0) is 12.1 Å². The minimum Gasteiger partial charge on any atom is -0.386 e. The number of carbonyl (C=O) groups excluding carboxylic acids is 2. The highest BCUT2D eigenvalue weighted by molar-refractivity contribution is 8.93. The summed E-state index contributed by atoms with van der Waals surface area (Å²) in [5.74, 6) is -1.10. The highest BCUT2D eigenvalue weighted by Crippen LogP contribution is 2.18. The molecule has 0 fully saturated rings. The number of cyclic esters (lactones) is 2. The van der Waals surface area contributed by atoms with Crippen molar-refractivity contribution in [3.63, 3.8) is 0 Å². The van der Waals surface area contributed by atoms with Crippen LogP contribution in [-0.2, 0) is 4.74 Å². The minimum atomic E-state index is -0.550. The molecule has 15 heavy (non-hydrogen) atoms. The van der Waals surface area contributed by atoms with E-state index < -0.39 is 11.9 Å². The smallest absolute Gasteiger partial charge is 0.346 e. The van der Waals surface area contributed by atoms with Crippen molar-refractivity contribution in [3.8, 4) is 0 Å². The van der Waals surface area contributed by atoms with E-state index in [1.807, 2.05) is 0 Å². The van der Waals surface area contributed by atoms with Crippen LogP contribution in [0.15, 0.2) is 24.3 Å². The fourth-order valence-electron chi connectivity index (χ4n) is 1.03. The predicted octanol–water partition coefficient (Wildman–Crippen LogP) is 3.31. The fraction of sp³-hybridized carbons (Fsp3) is 0. The zero-order valence-corrected chi connectivity index (χ0v) is 14.0. The molecule has 1 aliphatic rings. The molecule has 1 aromatic carbocycles. The van der Waals surface area contributed by atoms with Gasteiger partial charge in [0.25, 0.3) is 0 Å². The molecule has 0 amide bonds. The number of rotatable bonds is 0. The number of benzene rings is 1. The highest BCUT2D eigenvalue weighted by Gasteiger charge is 2.28. The summed E-state index contributed by atoms with van der Waals surface area (Å²) in [7, 11) is 0. The van der Waals surface area contributed by atoms with Gasteiger partial charge in [-0.1, -0.05) is 12.1 Å². The van der Waals surface area contributed by atoms with Crippen LogP contribution in [0.1, 0.15) is 20.7 Å². The predicted molar refractivity (Wildman–Crippen MR) is 77.5 cm³/mol. The lowest BCUT2D eigenvalue weighted by molar-refractivity contribution is 0.0444. The third-order valence-electron chi connectivity index (χ3n) is 1.55. The summed E-state index contributed by atoms with van der Waals surface area (Å²) in [6.07, 6.45) is 0. The van der Waals surface area contributed by atoms with Crippen molar-refractivity contribution in [2.75, 3.05) is 0 Å². The zero-order valence-electron chi connectivity index (χ0n) is 7.17. The second-order valence-corrected chi connectivity index (χ2v) is 2.22. The van der Waals surface area contributed by atoms with Crippen molar-refractivity contribution < 1.29 is 14.3 Å². The van der Waals surface area contributed by atoms with Crippen molar-refractivity contribution in [2.45, 2.75) is 0 Å². The van der Waals surface area contributed by atoms with Gasteiger partial charge < -0.3 is 4.74 Å². The van der Waals surface area contributed by atoms with Crippen LogP contribution in [-0.4, -0.2) is 11.9 Å². The topological polar surface area (TPSA) is 43.4 Å². The van der Waals surface area contributed by atoms with Crippen molar-refractivity contribution in [1.82, 2.24) is 0 Å². The third-order valence-corrected chi connectivity index (χ3v) is 1.55. The van der Waals surface area contributed by atoms with E-state index in [1.54, 1.807) is 24.3 Å². The van der Waals surface area contributed by atoms with Gasteiger partial charge in [-0.25, -0.2) is 9.59 Å². The number of fused-ring (bicyclic) bond motifs is 1. The Morgan fingerprint density at radius 2 is 1.07 bits per heavy atom. The molecule has 2 rings (SSSR count). The molecule has 0 bridgehead atoms. The first-order chi connectivity index (χ1) is 5.29. The van der Waals surface area contributed by atoms with Gasteiger partial charge in [0.2, 0.25) is 0 Å². The second kappa shape index (κ2) is 8.43. The average Bonchev–Trinajstić information content (AvgIpc) is 2.30. The van der Waals surface area contributed by atoms with E-state index in [0.29, 0.717) is 11.1 Å². The van der Waals surface area contributed by atoms with Gasteiger partial charge >= 0.3 is 11.9 Å². The van der Waals surface area contributed by atoms with Gasteiger partial charge in [-0.3, -0.25) is 0 Å². The standard InChI is InChI=1S/C8H4O3.4BrH/c9-7-5-3-1-2-4-6(5)8(10)11-7;;;;/h1-4H;4*1H. The van der Waals surface area contributed by atoms with Crippen LogP contribution in [0.3, 0.4) is 0 Å². The van der Waals surface area contributed by atoms with Crippen LogP contribution in [0, 0.1) is 0 Å². The number of ether oxygens (including phenoxy) is 1. The lowest BCUT2D eigenvalue weighted by Crippen LogP contribution is -1.96. The van der Waals surface area contributed by atoms with Crippen LogP contribution in [0.4, 0.5) is 0 Å². The first-order valence-electron chi connectivity index (χ1n) is 3.14. The van der Waals surface area contributed by atoms with Crippen LogP contribution in [0.2, 0.25) is 0 Å². The number of esters is 2. The molecular formula is C8H8Br4O3. The second-order valence-electron chi connectivity index (χ2n) is 2.22. The SMILES string of the molecule is Br.Br.Br.Br.O=C1OC(=O)c2ccccc21. The number of hydrogen-bond donors (Lipinski definition) is 0. The summed E-state index contributed by atoms with van der Waals surface area (Å²) < 4.78 is 4.35. The zero-order chi connectivity index (χ0) is 7.84. The molecule has 1 heterocycles. The quantitative estimate of drug-likeness (QED) is 0.431. The maximum Gasteiger partial charge on any atom is 0.346 e. The summed E-state index contributed by atoms with van der Waals surface area (Å²) in [6, 6.07) is 6.53. The Morgan fingerprint density at radius 1 is 0.733 bits per heavy atom. The first-order valence-corrected chi connectivity index (χ1v) is 3.14. The lowest BCUT2D eigenvalue weighted by Gasteiger charge is -1.86. The van der Waals surface area contributed by atoms with Gasteiger partial charge in [0.1, 0.15) is 0 Å². The van der Waals surface area contributed by atoms with Gasteiger partial charge in [-0.15, -0.1) is 67.9 Å². The summed E-state index contributed by atoms with van der Waals surface area (Å²) in [5.41, 5.74) is 0.718. The first kappa shape index (κ1) is 20.7. The van der Waals surface area contributed by atoms with E-state index in [0.717, 1.165) is 0 Å². The van der Waals surface area contributed by atoms with Crippen molar-refractivity contribution >= 4 is 79.9 Å². The molecule has 0 saturated carbocycles. The number of halogens is 4. The van der Waals surface area contributed by atoms with Crippen LogP contribution >= 0.6 is 67.9 Å². The van der Waals surface area contributed by atoms with E-state index in [9.17, 15) is 9.59 Å². The van der Waals surface area contributed by atoms with E-state index >= 15 is 0 Å². The lowest BCUT2D eigenvalue weighted by atomic mass is 10.1. The average molecular weight is 472 g/mol.